The summed E-state index contributed by atoms with van der Waals surface area (Å²) >= 11 is 0. The van der Waals surface area contributed by atoms with Gasteiger partial charge in [0.1, 0.15) is 5.82 Å². The summed E-state index contributed by atoms with van der Waals surface area (Å²) in [6.07, 6.45) is 3.57. The Labute approximate surface area is 156 Å². The van der Waals surface area contributed by atoms with E-state index in [1.54, 1.807) is 6.20 Å². The third-order valence-corrected chi connectivity index (χ3v) is 4.94. The fraction of sp³-hybridized carbons (Fsp3) is 0.429. The number of nitrogens with zero attached hydrogens (tertiary/aromatic N) is 3. The van der Waals surface area contributed by atoms with Crippen LogP contribution >= 0.6 is 0 Å². The predicted molar refractivity (Wildman–Crippen MR) is 107 cm³/mol. The van der Waals surface area contributed by atoms with Crippen LogP contribution in [0.3, 0.4) is 0 Å². The predicted octanol–water partition coefficient (Wildman–Crippen LogP) is 3.36. The number of carbonyl (C=O) groups excluding carboxylic acids is 1. The van der Waals surface area contributed by atoms with Crippen LogP contribution in [-0.2, 0) is 4.79 Å². The Kier molecular flexibility index (Phi) is 6.23. The van der Waals surface area contributed by atoms with Crippen LogP contribution in [0.5, 0.6) is 0 Å². The number of hydrogen-bond donors (Lipinski definition) is 1. The van der Waals surface area contributed by atoms with E-state index in [2.05, 4.69) is 34.1 Å². The molecule has 5 nitrogen and oxygen atoms in total. The highest BCUT2D eigenvalue weighted by Gasteiger charge is 2.20. The fourth-order valence-corrected chi connectivity index (χ4v) is 3.34. The van der Waals surface area contributed by atoms with E-state index in [1.807, 2.05) is 42.5 Å². The number of aromatic nitrogens is 1. The molecule has 138 valence electrons. The number of anilines is 2. The molecule has 0 spiro atoms. The smallest absolute Gasteiger partial charge is 0.231 e. The number of piperazine rings is 1. The van der Waals surface area contributed by atoms with Crippen molar-refractivity contribution >= 4 is 17.4 Å². The van der Waals surface area contributed by atoms with Crippen molar-refractivity contribution in [2.75, 3.05) is 43.4 Å². The maximum absolute atomic E-state index is 12.8. The van der Waals surface area contributed by atoms with Crippen molar-refractivity contribution in [1.82, 2.24) is 9.88 Å². The maximum Gasteiger partial charge on any atom is 0.231 e. The molecule has 0 unspecified atom stereocenters. The molecule has 1 atom stereocenters. The first kappa shape index (κ1) is 18.4. The van der Waals surface area contributed by atoms with Gasteiger partial charge in [0.05, 0.1) is 17.8 Å². The zero-order valence-electron chi connectivity index (χ0n) is 15.7. The number of amides is 1. The zero-order chi connectivity index (χ0) is 18.4. The molecule has 3 rings (SSSR count). The Morgan fingerprint density at radius 2 is 1.85 bits per heavy atom. The maximum atomic E-state index is 12.8. The lowest BCUT2D eigenvalue weighted by Gasteiger charge is -2.33. The van der Waals surface area contributed by atoms with Gasteiger partial charge in [0.2, 0.25) is 5.91 Å². The van der Waals surface area contributed by atoms with Crippen molar-refractivity contribution < 1.29 is 4.79 Å². The first-order valence-electron chi connectivity index (χ1n) is 9.42. The Balaban J connectivity index is 1.65. The molecule has 1 aliphatic heterocycles. The molecule has 0 saturated carbocycles. The summed E-state index contributed by atoms with van der Waals surface area (Å²) in [4.78, 5) is 21.9. The van der Waals surface area contributed by atoms with Crippen molar-refractivity contribution in [3.8, 4) is 0 Å². The summed E-state index contributed by atoms with van der Waals surface area (Å²) in [5, 5.41) is 3.03. The van der Waals surface area contributed by atoms with Gasteiger partial charge in [-0.1, -0.05) is 43.7 Å². The first-order valence-corrected chi connectivity index (χ1v) is 9.42. The second kappa shape index (κ2) is 8.81. The summed E-state index contributed by atoms with van der Waals surface area (Å²) in [5.41, 5.74) is 1.82. The topological polar surface area (TPSA) is 48.5 Å². The largest absolute Gasteiger partial charge is 0.354 e. The first-order chi connectivity index (χ1) is 12.7. The van der Waals surface area contributed by atoms with E-state index in [1.165, 1.54) is 0 Å². The van der Waals surface area contributed by atoms with Gasteiger partial charge in [0, 0.05) is 26.2 Å². The minimum absolute atomic E-state index is 0.0344. The van der Waals surface area contributed by atoms with Gasteiger partial charge in [-0.15, -0.1) is 0 Å². The van der Waals surface area contributed by atoms with E-state index in [0.717, 1.165) is 56.1 Å². The molecule has 1 N–H and O–H groups in total. The van der Waals surface area contributed by atoms with Crippen LogP contribution in [0, 0.1) is 0 Å². The average Bonchev–Trinajstić information content (AvgIpc) is 2.68. The monoisotopic (exact) mass is 352 g/mol. The van der Waals surface area contributed by atoms with Crippen LogP contribution in [0.4, 0.5) is 11.5 Å². The Bertz CT molecular complexity index is 694. The summed E-state index contributed by atoms with van der Waals surface area (Å²) in [5.74, 6) is 0.884. The number of rotatable bonds is 6. The highest BCUT2D eigenvalue weighted by atomic mass is 16.1. The summed E-state index contributed by atoms with van der Waals surface area (Å²) < 4.78 is 0. The Morgan fingerprint density at radius 1 is 1.12 bits per heavy atom. The van der Waals surface area contributed by atoms with Crippen molar-refractivity contribution in [3.63, 3.8) is 0 Å². The van der Waals surface area contributed by atoms with Gasteiger partial charge in [0.15, 0.2) is 0 Å². The summed E-state index contributed by atoms with van der Waals surface area (Å²) in [6.45, 7) is 6.19. The van der Waals surface area contributed by atoms with E-state index in [4.69, 9.17) is 0 Å². The van der Waals surface area contributed by atoms with Gasteiger partial charge >= 0.3 is 0 Å². The molecule has 1 saturated heterocycles. The van der Waals surface area contributed by atoms with Crippen molar-refractivity contribution in [2.45, 2.75) is 25.7 Å². The van der Waals surface area contributed by atoms with Crippen molar-refractivity contribution in [1.29, 1.82) is 0 Å². The minimum Gasteiger partial charge on any atom is -0.354 e. The molecule has 1 aromatic heterocycles. The highest BCUT2D eigenvalue weighted by Crippen LogP contribution is 2.24. The van der Waals surface area contributed by atoms with Gasteiger partial charge in [-0.25, -0.2) is 4.98 Å². The van der Waals surface area contributed by atoms with Crippen molar-refractivity contribution in [3.05, 3.63) is 54.2 Å². The molecule has 1 aliphatic rings. The molecule has 2 aromatic rings. The molecule has 1 aromatic carbocycles. The number of pyridine rings is 1. The Morgan fingerprint density at radius 3 is 2.46 bits per heavy atom. The van der Waals surface area contributed by atoms with E-state index in [-0.39, 0.29) is 11.8 Å². The molecule has 1 fully saturated rings. The van der Waals surface area contributed by atoms with Crippen LogP contribution in [0.2, 0.25) is 0 Å². The van der Waals surface area contributed by atoms with Crippen LogP contribution in [-0.4, -0.2) is 49.0 Å². The molecular formula is C21H28N4O. The van der Waals surface area contributed by atoms with E-state index in [9.17, 15) is 4.79 Å². The van der Waals surface area contributed by atoms with E-state index < -0.39 is 0 Å². The van der Waals surface area contributed by atoms with Gasteiger partial charge in [-0.3, -0.25) is 4.79 Å². The van der Waals surface area contributed by atoms with Crippen LogP contribution in [0.1, 0.15) is 31.2 Å². The lowest BCUT2D eigenvalue weighted by molar-refractivity contribution is -0.117. The third-order valence-electron chi connectivity index (χ3n) is 4.94. The number of carbonyl (C=O) groups is 1. The Hall–Kier alpha value is -2.40. The molecule has 0 bridgehead atoms. The van der Waals surface area contributed by atoms with Gasteiger partial charge in [0.25, 0.3) is 0 Å². The molecular weight excluding hydrogens is 324 g/mol. The number of benzene rings is 1. The van der Waals surface area contributed by atoms with E-state index >= 15 is 0 Å². The number of likely N-dealkylation sites (N-methyl/N-ethyl adjacent to an activating group) is 1. The van der Waals surface area contributed by atoms with Gasteiger partial charge < -0.3 is 15.1 Å². The molecule has 0 aliphatic carbocycles. The second-order valence-electron chi connectivity index (χ2n) is 6.94. The lowest BCUT2D eigenvalue weighted by Crippen LogP contribution is -2.44. The normalized spacial score (nSPS) is 16.3. The molecule has 26 heavy (non-hydrogen) atoms. The second-order valence-corrected chi connectivity index (χ2v) is 6.94. The fourth-order valence-electron chi connectivity index (χ4n) is 3.34. The average molecular weight is 352 g/mol. The standard InChI is InChI=1S/C21H28N4O/c1-3-7-19(17-8-5-4-6-9-17)21(26)23-18-10-11-20(22-16-18)25-14-12-24(2)13-15-25/h4-6,8-11,16,19H,3,7,12-15H2,1-2H3,(H,23,26)/t19-/m1/s1. The van der Waals surface area contributed by atoms with Crippen LogP contribution in [0.25, 0.3) is 0 Å². The SMILES string of the molecule is CCC[C@@H](C(=O)Nc1ccc(N2CCN(C)CC2)nc1)c1ccccc1. The van der Waals surface area contributed by atoms with Gasteiger partial charge in [-0.2, -0.15) is 0 Å². The van der Waals surface area contributed by atoms with Gasteiger partial charge in [-0.05, 0) is 31.2 Å². The molecule has 5 heteroatoms. The quantitative estimate of drug-likeness (QED) is 0.866. The highest BCUT2D eigenvalue weighted by molar-refractivity contribution is 5.95. The number of nitrogens with one attached hydrogen (secondary N) is 1. The molecule has 0 radical (unpaired) electrons. The molecule has 2 heterocycles. The number of hydrogen-bond acceptors (Lipinski definition) is 4. The summed E-state index contributed by atoms with van der Waals surface area (Å²) in [7, 11) is 2.14. The zero-order valence-corrected chi connectivity index (χ0v) is 15.7. The van der Waals surface area contributed by atoms with E-state index in [0.29, 0.717) is 0 Å². The molecule has 1 amide bonds. The van der Waals surface area contributed by atoms with Crippen molar-refractivity contribution in [2.24, 2.45) is 0 Å². The minimum atomic E-state index is -0.126. The lowest BCUT2D eigenvalue weighted by atomic mass is 9.93. The third kappa shape index (κ3) is 4.61. The van der Waals surface area contributed by atoms with Crippen LogP contribution < -0.4 is 10.2 Å². The summed E-state index contributed by atoms with van der Waals surface area (Å²) in [6, 6.07) is 13.9. The van der Waals surface area contributed by atoms with Crippen LogP contribution in [0.15, 0.2) is 48.7 Å².